The molecule has 0 radical (unpaired) electrons. The van der Waals surface area contributed by atoms with Crippen LogP contribution in [0.5, 0.6) is 0 Å². The second-order valence-electron chi connectivity index (χ2n) is 4.82. The maximum atomic E-state index is 13.5. The van der Waals surface area contributed by atoms with Crippen LogP contribution in [0.1, 0.15) is 29.6 Å². The van der Waals surface area contributed by atoms with E-state index < -0.39 is 23.5 Å². The molecule has 2 rings (SSSR count). The number of ether oxygens (including phenoxy) is 1. The minimum atomic E-state index is -0.921. The van der Waals surface area contributed by atoms with Crippen LogP contribution in [0.25, 0.3) is 0 Å². The van der Waals surface area contributed by atoms with Crippen LogP contribution in [-0.4, -0.2) is 25.0 Å². The molecule has 1 atom stereocenters. The van der Waals surface area contributed by atoms with E-state index in [1.165, 1.54) is 7.11 Å². The Kier molecular flexibility index (Phi) is 4.32. The first kappa shape index (κ1) is 14.4. The minimum absolute atomic E-state index is 0.0513. The van der Waals surface area contributed by atoms with Gasteiger partial charge in [0, 0.05) is 12.1 Å². The largest absolute Gasteiger partial charge is 0.469 e. The van der Waals surface area contributed by atoms with E-state index in [1.54, 1.807) is 0 Å². The number of methoxy groups -OCH3 is 1. The van der Waals surface area contributed by atoms with Crippen LogP contribution in [-0.2, 0) is 9.53 Å². The fourth-order valence-electron chi connectivity index (χ4n) is 2.02. The topological polar surface area (TPSA) is 55.4 Å². The van der Waals surface area contributed by atoms with E-state index in [4.69, 9.17) is 0 Å². The molecule has 1 amide bonds. The lowest BCUT2D eigenvalue weighted by atomic mass is 10.1. The highest BCUT2D eigenvalue weighted by Gasteiger charge is 2.34. The summed E-state index contributed by atoms with van der Waals surface area (Å²) in [5.41, 5.74) is -0.234. The Morgan fingerprint density at radius 2 is 2.10 bits per heavy atom. The average molecular weight is 283 g/mol. The van der Waals surface area contributed by atoms with Crippen molar-refractivity contribution in [1.82, 2.24) is 5.32 Å². The van der Waals surface area contributed by atoms with Gasteiger partial charge in [0.1, 0.15) is 11.6 Å². The number of rotatable bonds is 5. The van der Waals surface area contributed by atoms with Crippen LogP contribution < -0.4 is 5.32 Å². The van der Waals surface area contributed by atoms with Crippen LogP contribution in [0.4, 0.5) is 8.78 Å². The quantitative estimate of drug-likeness (QED) is 0.841. The molecule has 6 heteroatoms. The molecule has 1 N–H and O–H groups in total. The fraction of sp³-hybridized carbons (Fsp3) is 0.429. The van der Waals surface area contributed by atoms with Gasteiger partial charge in [-0.05, 0) is 30.9 Å². The zero-order valence-corrected chi connectivity index (χ0v) is 11.0. The number of halogens is 2. The molecule has 1 aliphatic rings. The van der Waals surface area contributed by atoms with Gasteiger partial charge in [-0.25, -0.2) is 8.78 Å². The molecule has 108 valence electrons. The lowest BCUT2D eigenvalue weighted by molar-refractivity contribution is -0.141. The number of hydrogen-bond donors (Lipinski definition) is 1. The van der Waals surface area contributed by atoms with E-state index in [2.05, 4.69) is 10.1 Å². The number of benzene rings is 1. The molecule has 1 unspecified atom stereocenters. The van der Waals surface area contributed by atoms with Crippen molar-refractivity contribution >= 4 is 11.9 Å². The Bertz CT molecular complexity index is 529. The number of hydrogen-bond acceptors (Lipinski definition) is 3. The summed E-state index contributed by atoms with van der Waals surface area (Å²) in [6.45, 7) is 0. The van der Waals surface area contributed by atoms with Gasteiger partial charge in [0.25, 0.3) is 5.91 Å². The molecule has 0 bridgehead atoms. The summed E-state index contributed by atoms with van der Waals surface area (Å²) in [4.78, 5) is 23.3. The lowest BCUT2D eigenvalue weighted by Gasteiger charge is -2.17. The predicted molar refractivity (Wildman–Crippen MR) is 67.0 cm³/mol. The molecule has 1 saturated carbocycles. The molecule has 0 spiro atoms. The zero-order chi connectivity index (χ0) is 14.7. The maximum absolute atomic E-state index is 13.5. The van der Waals surface area contributed by atoms with Crippen LogP contribution in [0.2, 0.25) is 0 Å². The van der Waals surface area contributed by atoms with Crippen molar-refractivity contribution in [3.05, 3.63) is 35.4 Å². The van der Waals surface area contributed by atoms with Gasteiger partial charge in [0.2, 0.25) is 0 Å². The molecule has 1 aromatic rings. The smallest absolute Gasteiger partial charge is 0.307 e. The van der Waals surface area contributed by atoms with E-state index >= 15 is 0 Å². The standard InChI is InChI=1S/C14H15F2NO3/c1-20-13(18)7-12(8-2-3-8)17-14(19)10-5-4-9(15)6-11(10)16/h4-6,8,12H,2-3,7H2,1H3,(H,17,19). The molecular weight excluding hydrogens is 268 g/mol. The summed E-state index contributed by atoms with van der Waals surface area (Å²) >= 11 is 0. The third-order valence-electron chi connectivity index (χ3n) is 3.30. The Morgan fingerprint density at radius 3 is 2.65 bits per heavy atom. The highest BCUT2D eigenvalue weighted by molar-refractivity contribution is 5.94. The van der Waals surface area contributed by atoms with Gasteiger partial charge >= 0.3 is 5.97 Å². The predicted octanol–water partition coefficient (Wildman–Crippen LogP) is 2.04. The summed E-state index contributed by atoms with van der Waals surface area (Å²) in [5.74, 6) is -2.53. The van der Waals surface area contributed by atoms with Crippen LogP contribution >= 0.6 is 0 Å². The van der Waals surface area contributed by atoms with Crippen molar-refractivity contribution in [2.75, 3.05) is 7.11 Å². The van der Waals surface area contributed by atoms with Crippen molar-refractivity contribution in [3.63, 3.8) is 0 Å². The van der Waals surface area contributed by atoms with Crippen molar-refractivity contribution in [3.8, 4) is 0 Å². The van der Waals surface area contributed by atoms with Gasteiger partial charge in [0.05, 0.1) is 19.1 Å². The first-order chi connectivity index (χ1) is 9.51. The number of carbonyl (C=O) groups is 2. The third kappa shape index (κ3) is 3.53. The molecule has 0 saturated heterocycles. The Morgan fingerprint density at radius 1 is 1.40 bits per heavy atom. The monoisotopic (exact) mass is 283 g/mol. The van der Waals surface area contributed by atoms with Crippen molar-refractivity contribution in [2.24, 2.45) is 5.92 Å². The molecule has 1 aliphatic carbocycles. The first-order valence-corrected chi connectivity index (χ1v) is 6.34. The SMILES string of the molecule is COC(=O)CC(NC(=O)c1ccc(F)cc1F)C1CC1. The molecule has 0 aromatic heterocycles. The zero-order valence-electron chi connectivity index (χ0n) is 11.0. The summed E-state index contributed by atoms with van der Waals surface area (Å²) in [6, 6.07) is 2.38. The Hall–Kier alpha value is -1.98. The molecular formula is C14H15F2NO3. The molecule has 0 aliphatic heterocycles. The lowest BCUT2D eigenvalue weighted by Crippen LogP contribution is -2.38. The second-order valence-corrected chi connectivity index (χ2v) is 4.82. The number of esters is 1. The molecule has 1 fully saturated rings. The van der Waals surface area contributed by atoms with Gasteiger partial charge in [-0.15, -0.1) is 0 Å². The van der Waals surface area contributed by atoms with Crippen LogP contribution in [0, 0.1) is 17.6 Å². The molecule has 20 heavy (non-hydrogen) atoms. The minimum Gasteiger partial charge on any atom is -0.469 e. The van der Waals surface area contributed by atoms with Gasteiger partial charge in [-0.3, -0.25) is 9.59 Å². The average Bonchev–Trinajstić information content (AvgIpc) is 3.21. The number of nitrogens with one attached hydrogen (secondary N) is 1. The van der Waals surface area contributed by atoms with Gasteiger partial charge in [-0.1, -0.05) is 0 Å². The summed E-state index contributed by atoms with van der Waals surface area (Å²) in [5, 5.41) is 2.62. The van der Waals surface area contributed by atoms with Crippen molar-refractivity contribution in [1.29, 1.82) is 0 Å². The third-order valence-corrected chi connectivity index (χ3v) is 3.30. The van der Waals surface area contributed by atoms with Gasteiger partial charge in [0.15, 0.2) is 0 Å². The van der Waals surface area contributed by atoms with E-state index in [0.29, 0.717) is 6.07 Å². The van der Waals surface area contributed by atoms with Gasteiger partial charge in [-0.2, -0.15) is 0 Å². The first-order valence-electron chi connectivity index (χ1n) is 6.34. The van der Waals surface area contributed by atoms with Crippen LogP contribution in [0.15, 0.2) is 18.2 Å². The maximum Gasteiger partial charge on any atom is 0.307 e. The highest BCUT2D eigenvalue weighted by atomic mass is 19.1. The van der Waals surface area contributed by atoms with E-state index in [9.17, 15) is 18.4 Å². The number of carbonyl (C=O) groups excluding carboxylic acids is 2. The summed E-state index contributed by atoms with van der Waals surface area (Å²) in [6.07, 6.45) is 1.87. The van der Waals surface area contributed by atoms with E-state index in [1.807, 2.05) is 0 Å². The molecule has 0 heterocycles. The molecule has 4 nitrogen and oxygen atoms in total. The van der Waals surface area contributed by atoms with Crippen molar-refractivity contribution in [2.45, 2.75) is 25.3 Å². The van der Waals surface area contributed by atoms with E-state index in [0.717, 1.165) is 25.0 Å². The summed E-state index contributed by atoms with van der Waals surface area (Å²) < 4.78 is 30.9. The fourth-order valence-corrected chi connectivity index (χ4v) is 2.02. The normalized spacial score (nSPS) is 15.6. The van der Waals surface area contributed by atoms with Crippen molar-refractivity contribution < 1.29 is 23.1 Å². The number of amides is 1. The Labute approximate surface area is 115 Å². The Balaban J connectivity index is 2.06. The molecule has 1 aromatic carbocycles. The van der Waals surface area contributed by atoms with Gasteiger partial charge < -0.3 is 10.1 Å². The second kappa shape index (κ2) is 5.98. The summed E-state index contributed by atoms with van der Waals surface area (Å²) in [7, 11) is 1.27. The van der Waals surface area contributed by atoms with E-state index in [-0.39, 0.29) is 23.9 Å². The highest BCUT2D eigenvalue weighted by Crippen LogP contribution is 2.34. The van der Waals surface area contributed by atoms with Crippen LogP contribution in [0.3, 0.4) is 0 Å².